The first-order chi connectivity index (χ1) is 4.57. The molecule has 0 aromatic carbocycles. The Morgan fingerprint density at radius 2 is 2.27 bits per heavy atom. The molecule has 0 aromatic heterocycles. The number of carboxylic acids is 1. The highest BCUT2D eigenvalue weighted by Crippen LogP contribution is 1.94. The zero-order valence-electron chi connectivity index (χ0n) is 5.95. The van der Waals surface area contributed by atoms with Crippen molar-refractivity contribution in [3.05, 3.63) is 0 Å². The van der Waals surface area contributed by atoms with E-state index in [-0.39, 0.29) is 23.7 Å². The molecule has 68 valence electrons. The van der Waals surface area contributed by atoms with Gasteiger partial charge in [-0.05, 0) is 6.92 Å². The summed E-state index contributed by atoms with van der Waals surface area (Å²) in [6.45, 7) is 1.67. The largest absolute Gasteiger partial charge is 0.480 e. The van der Waals surface area contributed by atoms with Crippen molar-refractivity contribution in [2.75, 3.05) is 5.75 Å². The molecule has 0 aliphatic carbocycles. The molecule has 11 heavy (non-hydrogen) atoms. The van der Waals surface area contributed by atoms with Crippen LogP contribution >= 0.6 is 36.6 Å². The Morgan fingerprint density at radius 1 is 1.82 bits per heavy atom. The van der Waals surface area contributed by atoms with Crippen molar-refractivity contribution in [1.29, 1.82) is 0 Å². The van der Waals surface area contributed by atoms with Crippen LogP contribution in [0.1, 0.15) is 6.92 Å². The topological polar surface area (TPSA) is 49.3 Å². The molecule has 2 atom stereocenters. The van der Waals surface area contributed by atoms with E-state index in [0.717, 1.165) is 0 Å². The van der Waals surface area contributed by atoms with Crippen molar-refractivity contribution in [1.82, 2.24) is 5.32 Å². The number of alkyl halides is 1. The van der Waals surface area contributed by atoms with Crippen molar-refractivity contribution in [3.63, 3.8) is 0 Å². The van der Waals surface area contributed by atoms with Gasteiger partial charge in [-0.25, -0.2) is 0 Å². The molecular weight excluding hydrogens is 209 g/mol. The van der Waals surface area contributed by atoms with Gasteiger partial charge in [0.25, 0.3) is 0 Å². The quantitative estimate of drug-likeness (QED) is 0.376. The molecule has 0 rings (SSSR count). The maximum absolute atomic E-state index is 10.3. The molecular formula is C5H11Cl2NO2S. The minimum absolute atomic E-state index is 0. The van der Waals surface area contributed by atoms with Crippen LogP contribution in [0, 0.1) is 0 Å². The van der Waals surface area contributed by atoms with Gasteiger partial charge in [-0.3, -0.25) is 10.1 Å². The van der Waals surface area contributed by atoms with Crippen LogP contribution in [0.25, 0.3) is 0 Å². The Labute approximate surface area is 82.3 Å². The van der Waals surface area contributed by atoms with Gasteiger partial charge in [0.15, 0.2) is 0 Å². The Kier molecular flexibility index (Phi) is 8.90. The number of halogens is 2. The lowest BCUT2D eigenvalue weighted by molar-refractivity contribution is -0.138. The molecule has 0 aliphatic heterocycles. The van der Waals surface area contributed by atoms with E-state index in [1.54, 1.807) is 6.92 Å². The molecule has 2 N–H and O–H groups in total. The minimum atomic E-state index is -0.928. The first kappa shape index (κ1) is 13.9. The van der Waals surface area contributed by atoms with E-state index in [1.807, 2.05) is 0 Å². The number of carbonyl (C=O) groups is 1. The zero-order chi connectivity index (χ0) is 8.15. The average Bonchev–Trinajstić information content (AvgIpc) is 1.81. The van der Waals surface area contributed by atoms with E-state index in [2.05, 4.69) is 17.9 Å². The molecule has 6 heteroatoms. The smallest absolute Gasteiger partial charge is 0.321 e. The number of thiol groups is 1. The second-order valence-corrected chi connectivity index (χ2v) is 2.88. The van der Waals surface area contributed by atoms with Gasteiger partial charge in [0.05, 0.1) is 5.50 Å². The lowest BCUT2D eigenvalue weighted by Crippen LogP contribution is -2.41. The third-order valence-corrected chi connectivity index (χ3v) is 1.40. The Hall–Kier alpha value is 0.360. The SMILES string of the molecule is CC(Cl)NC(CS)C(=O)O.Cl. The number of carboxylic acid groups (broad SMARTS) is 1. The Balaban J connectivity index is 0. The fourth-order valence-electron chi connectivity index (χ4n) is 0.479. The summed E-state index contributed by atoms with van der Waals surface area (Å²) in [7, 11) is 0. The van der Waals surface area contributed by atoms with Gasteiger partial charge in [0.1, 0.15) is 6.04 Å². The van der Waals surface area contributed by atoms with Crippen molar-refractivity contribution in [2.45, 2.75) is 18.5 Å². The predicted octanol–water partition coefficient (Wildman–Crippen LogP) is 0.966. The van der Waals surface area contributed by atoms with Gasteiger partial charge >= 0.3 is 5.97 Å². The summed E-state index contributed by atoms with van der Waals surface area (Å²) in [4.78, 5) is 10.3. The van der Waals surface area contributed by atoms with E-state index >= 15 is 0 Å². The fourth-order valence-corrected chi connectivity index (χ4v) is 0.893. The van der Waals surface area contributed by atoms with Gasteiger partial charge in [-0.2, -0.15) is 12.6 Å². The molecule has 0 aromatic rings. The average molecular weight is 220 g/mol. The van der Waals surface area contributed by atoms with Crippen molar-refractivity contribution >= 4 is 42.6 Å². The molecule has 0 fully saturated rings. The van der Waals surface area contributed by atoms with Crippen LogP contribution in [0.5, 0.6) is 0 Å². The molecule has 0 heterocycles. The zero-order valence-corrected chi connectivity index (χ0v) is 8.42. The Bertz CT molecular complexity index is 123. The predicted molar refractivity (Wildman–Crippen MR) is 51.0 cm³/mol. The molecule has 2 unspecified atom stereocenters. The monoisotopic (exact) mass is 219 g/mol. The molecule has 3 nitrogen and oxygen atoms in total. The van der Waals surface area contributed by atoms with Gasteiger partial charge < -0.3 is 5.11 Å². The maximum Gasteiger partial charge on any atom is 0.321 e. The van der Waals surface area contributed by atoms with E-state index in [1.165, 1.54) is 0 Å². The summed E-state index contributed by atoms with van der Waals surface area (Å²) in [6.07, 6.45) is 0. The standard InChI is InChI=1S/C5H10ClNO2S.ClH/c1-3(6)7-4(2-10)5(8)9;/h3-4,7,10H,2H2,1H3,(H,8,9);1H. The molecule has 0 amide bonds. The number of nitrogens with one attached hydrogen (secondary N) is 1. The lowest BCUT2D eigenvalue weighted by Gasteiger charge is -2.12. The van der Waals surface area contributed by atoms with Crippen LogP contribution in [0.2, 0.25) is 0 Å². The molecule has 0 spiro atoms. The third-order valence-electron chi connectivity index (χ3n) is 0.912. The van der Waals surface area contributed by atoms with E-state index in [4.69, 9.17) is 16.7 Å². The number of hydrogen-bond acceptors (Lipinski definition) is 3. The lowest BCUT2D eigenvalue weighted by atomic mass is 10.3. The van der Waals surface area contributed by atoms with Crippen LogP contribution in [0.4, 0.5) is 0 Å². The summed E-state index contributed by atoms with van der Waals surface area (Å²) >= 11 is 9.31. The highest BCUT2D eigenvalue weighted by Gasteiger charge is 2.15. The normalized spacial score (nSPS) is 14.8. The van der Waals surface area contributed by atoms with Crippen LogP contribution < -0.4 is 5.32 Å². The van der Waals surface area contributed by atoms with Crippen LogP contribution in [0.3, 0.4) is 0 Å². The second-order valence-electron chi connectivity index (χ2n) is 1.86. The minimum Gasteiger partial charge on any atom is -0.480 e. The van der Waals surface area contributed by atoms with Gasteiger partial charge in [0, 0.05) is 5.75 Å². The molecule has 0 saturated carbocycles. The van der Waals surface area contributed by atoms with Crippen molar-refractivity contribution in [2.24, 2.45) is 0 Å². The molecule has 0 bridgehead atoms. The maximum atomic E-state index is 10.3. The van der Waals surface area contributed by atoms with E-state index in [9.17, 15) is 4.79 Å². The third kappa shape index (κ3) is 6.75. The van der Waals surface area contributed by atoms with Gasteiger partial charge in [-0.1, -0.05) is 0 Å². The summed E-state index contributed by atoms with van der Waals surface area (Å²) < 4.78 is 0. The van der Waals surface area contributed by atoms with Crippen LogP contribution in [-0.2, 0) is 4.79 Å². The van der Waals surface area contributed by atoms with Crippen molar-refractivity contribution < 1.29 is 9.90 Å². The Morgan fingerprint density at radius 3 is 2.36 bits per heavy atom. The van der Waals surface area contributed by atoms with Crippen LogP contribution in [0.15, 0.2) is 0 Å². The summed E-state index contributed by atoms with van der Waals surface area (Å²) in [6, 6.07) is -0.657. The van der Waals surface area contributed by atoms with E-state index < -0.39 is 12.0 Å². The number of hydrogen-bond donors (Lipinski definition) is 3. The highest BCUT2D eigenvalue weighted by molar-refractivity contribution is 7.80. The van der Waals surface area contributed by atoms with Gasteiger partial charge in [-0.15, -0.1) is 24.0 Å². The first-order valence-electron chi connectivity index (χ1n) is 2.81. The number of rotatable bonds is 4. The summed E-state index contributed by atoms with van der Waals surface area (Å²) in [5.41, 5.74) is -0.340. The molecule has 0 saturated heterocycles. The molecule has 0 radical (unpaired) electrons. The molecule has 0 aliphatic rings. The first-order valence-corrected chi connectivity index (χ1v) is 3.88. The van der Waals surface area contributed by atoms with Crippen molar-refractivity contribution in [3.8, 4) is 0 Å². The summed E-state index contributed by atoms with van der Waals surface area (Å²) in [5, 5.41) is 11.1. The van der Waals surface area contributed by atoms with Crippen LogP contribution in [-0.4, -0.2) is 28.4 Å². The fraction of sp³-hybridized carbons (Fsp3) is 0.800. The highest BCUT2D eigenvalue weighted by atomic mass is 35.5. The summed E-state index contributed by atoms with van der Waals surface area (Å²) in [5.74, 6) is -0.686. The van der Waals surface area contributed by atoms with Gasteiger partial charge in [0.2, 0.25) is 0 Å². The van der Waals surface area contributed by atoms with E-state index in [0.29, 0.717) is 0 Å². The number of aliphatic carboxylic acids is 1. The second kappa shape index (κ2) is 7.03.